The van der Waals surface area contributed by atoms with E-state index < -0.39 is 11.4 Å². The molecule has 4 heteroatoms. The average Bonchev–Trinajstić information content (AvgIpc) is 2.49. The summed E-state index contributed by atoms with van der Waals surface area (Å²) in [5.74, 6) is -0.359. The second kappa shape index (κ2) is 5.19. The van der Waals surface area contributed by atoms with Gasteiger partial charge in [0.15, 0.2) is 0 Å². The van der Waals surface area contributed by atoms with Crippen LogP contribution in [0.3, 0.4) is 0 Å². The van der Waals surface area contributed by atoms with Crippen LogP contribution >= 0.6 is 22.9 Å². The lowest BCUT2D eigenvalue weighted by atomic mass is 9.79. The molecule has 2 nitrogen and oxygen atoms in total. The average molecular weight is 261 g/mol. The number of hydrogen-bond donors (Lipinski definition) is 1. The molecule has 0 aliphatic rings. The zero-order valence-corrected chi connectivity index (χ0v) is 11.4. The summed E-state index contributed by atoms with van der Waals surface area (Å²) in [4.78, 5) is 12.4. The van der Waals surface area contributed by atoms with E-state index in [2.05, 4.69) is 0 Å². The fourth-order valence-electron chi connectivity index (χ4n) is 1.97. The van der Waals surface area contributed by atoms with E-state index in [4.69, 9.17) is 11.6 Å². The molecule has 1 heterocycles. The van der Waals surface area contributed by atoms with Crippen LogP contribution in [0.25, 0.3) is 0 Å². The summed E-state index contributed by atoms with van der Waals surface area (Å²) in [5, 5.41) is 9.32. The van der Waals surface area contributed by atoms with Gasteiger partial charge in [0.2, 0.25) is 0 Å². The van der Waals surface area contributed by atoms with Gasteiger partial charge >= 0.3 is 5.97 Å². The molecule has 1 N–H and O–H groups in total. The molecule has 1 unspecified atom stereocenters. The van der Waals surface area contributed by atoms with Crippen molar-refractivity contribution in [1.82, 2.24) is 0 Å². The first-order valence-corrected chi connectivity index (χ1v) is 6.50. The lowest BCUT2D eigenvalue weighted by molar-refractivity contribution is -0.148. The smallest absolute Gasteiger partial charge is 0.309 e. The van der Waals surface area contributed by atoms with Gasteiger partial charge in [-0.15, -0.1) is 11.3 Å². The summed E-state index contributed by atoms with van der Waals surface area (Å²) in [6.07, 6.45) is 1.23. The van der Waals surface area contributed by atoms with Crippen molar-refractivity contribution in [2.45, 2.75) is 33.6 Å². The van der Waals surface area contributed by atoms with Gasteiger partial charge < -0.3 is 5.11 Å². The highest BCUT2D eigenvalue weighted by molar-refractivity contribution is 7.16. The molecular formula is C12H17ClO2S. The topological polar surface area (TPSA) is 37.3 Å². The number of thiophene rings is 1. The summed E-state index contributed by atoms with van der Waals surface area (Å²) in [5.41, 5.74) is -0.692. The van der Waals surface area contributed by atoms with E-state index in [0.717, 1.165) is 4.88 Å². The Morgan fingerprint density at radius 3 is 2.56 bits per heavy atom. The highest BCUT2D eigenvalue weighted by Gasteiger charge is 2.34. The fraction of sp³-hybridized carbons (Fsp3) is 0.583. The van der Waals surface area contributed by atoms with E-state index in [-0.39, 0.29) is 0 Å². The van der Waals surface area contributed by atoms with Crippen molar-refractivity contribution < 1.29 is 9.90 Å². The normalized spacial score (nSPS) is 15.1. The molecular weight excluding hydrogens is 244 g/mol. The highest BCUT2D eigenvalue weighted by Crippen LogP contribution is 2.34. The number of hydrogen-bond acceptors (Lipinski definition) is 2. The molecule has 0 amide bonds. The van der Waals surface area contributed by atoms with E-state index >= 15 is 0 Å². The van der Waals surface area contributed by atoms with Gasteiger partial charge in [-0.1, -0.05) is 25.4 Å². The molecule has 0 saturated carbocycles. The molecule has 1 aromatic heterocycles. The number of carboxylic acids is 1. The Balaban J connectivity index is 2.82. The molecule has 16 heavy (non-hydrogen) atoms. The molecule has 1 aromatic rings. The quantitative estimate of drug-likeness (QED) is 0.866. The number of rotatable bonds is 5. The Kier molecular flexibility index (Phi) is 4.39. The van der Waals surface area contributed by atoms with Crippen LogP contribution in [0.5, 0.6) is 0 Å². The fourth-order valence-corrected chi connectivity index (χ4v) is 3.24. The molecule has 0 radical (unpaired) electrons. The largest absolute Gasteiger partial charge is 0.481 e. The standard InChI is InChI=1S/C12H17ClO2S/c1-8(2)6-12(3,11(14)15)7-9-4-5-10(13)16-9/h4-5,8H,6-7H2,1-3H3,(H,14,15). The Morgan fingerprint density at radius 2 is 2.19 bits per heavy atom. The van der Waals surface area contributed by atoms with Crippen molar-refractivity contribution in [3.8, 4) is 0 Å². The zero-order valence-electron chi connectivity index (χ0n) is 9.79. The summed E-state index contributed by atoms with van der Waals surface area (Å²) < 4.78 is 0.715. The molecule has 0 aliphatic heterocycles. The van der Waals surface area contributed by atoms with E-state index in [0.29, 0.717) is 23.1 Å². The van der Waals surface area contributed by atoms with Crippen LogP contribution in [-0.2, 0) is 11.2 Å². The SMILES string of the molecule is CC(C)CC(C)(Cc1ccc(Cl)s1)C(=O)O. The Labute approximate surface area is 105 Å². The molecule has 0 saturated heterocycles. The summed E-state index contributed by atoms with van der Waals surface area (Å²) in [7, 11) is 0. The summed E-state index contributed by atoms with van der Waals surface area (Å²) in [6.45, 7) is 5.90. The second-order valence-corrected chi connectivity index (χ2v) is 6.65. The van der Waals surface area contributed by atoms with Crippen LogP contribution in [0.2, 0.25) is 4.34 Å². The van der Waals surface area contributed by atoms with Crippen molar-refractivity contribution in [2.75, 3.05) is 0 Å². The van der Waals surface area contributed by atoms with Crippen LogP contribution in [0.4, 0.5) is 0 Å². The summed E-state index contributed by atoms with van der Waals surface area (Å²) in [6, 6.07) is 3.73. The third-order valence-corrected chi connectivity index (χ3v) is 3.80. The first-order chi connectivity index (χ1) is 7.33. The van der Waals surface area contributed by atoms with E-state index in [1.54, 1.807) is 0 Å². The molecule has 0 spiro atoms. The Bertz CT molecular complexity index is 373. The Morgan fingerprint density at radius 1 is 1.56 bits per heavy atom. The molecule has 0 aromatic carbocycles. The first-order valence-electron chi connectivity index (χ1n) is 5.31. The summed E-state index contributed by atoms with van der Waals surface area (Å²) >= 11 is 7.31. The van der Waals surface area contributed by atoms with Gasteiger partial charge in [-0.2, -0.15) is 0 Å². The van der Waals surface area contributed by atoms with Crippen LogP contribution in [0.1, 0.15) is 32.1 Å². The van der Waals surface area contributed by atoms with Crippen LogP contribution in [-0.4, -0.2) is 11.1 Å². The van der Waals surface area contributed by atoms with Gasteiger partial charge in [0.05, 0.1) is 9.75 Å². The molecule has 0 aliphatic carbocycles. The number of aliphatic carboxylic acids is 1. The molecule has 0 fully saturated rings. The predicted octanol–water partition coefficient (Wildman–Crippen LogP) is 4.08. The van der Waals surface area contributed by atoms with Crippen molar-refractivity contribution in [1.29, 1.82) is 0 Å². The van der Waals surface area contributed by atoms with Crippen molar-refractivity contribution in [3.05, 3.63) is 21.3 Å². The maximum absolute atomic E-state index is 11.3. The zero-order chi connectivity index (χ0) is 12.3. The van der Waals surface area contributed by atoms with Gasteiger partial charge in [-0.25, -0.2) is 0 Å². The monoisotopic (exact) mass is 260 g/mol. The van der Waals surface area contributed by atoms with E-state index in [9.17, 15) is 9.90 Å². The van der Waals surface area contributed by atoms with Gasteiger partial charge in [0.1, 0.15) is 0 Å². The first kappa shape index (κ1) is 13.5. The maximum Gasteiger partial charge on any atom is 0.309 e. The van der Waals surface area contributed by atoms with Gasteiger partial charge in [0.25, 0.3) is 0 Å². The predicted molar refractivity (Wildman–Crippen MR) is 68.2 cm³/mol. The van der Waals surface area contributed by atoms with Gasteiger partial charge in [-0.05, 0) is 37.8 Å². The Hall–Kier alpha value is -0.540. The highest BCUT2D eigenvalue weighted by atomic mass is 35.5. The van der Waals surface area contributed by atoms with Gasteiger partial charge in [-0.3, -0.25) is 4.79 Å². The van der Waals surface area contributed by atoms with E-state index in [1.165, 1.54) is 11.3 Å². The lowest BCUT2D eigenvalue weighted by Gasteiger charge is -2.26. The number of carbonyl (C=O) groups is 1. The van der Waals surface area contributed by atoms with Crippen molar-refractivity contribution in [3.63, 3.8) is 0 Å². The van der Waals surface area contributed by atoms with Crippen LogP contribution in [0.15, 0.2) is 12.1 Å². The molecule has 90 valence electrons. The minimum atomic E-state index is -0.731. The van der Waals surface area contributed by atoms with Crippen molar-refractivity contribution >= 4 is 28.9 Å². The number of halogens is 1. The second-order valence-electron chi connectivity index (χ2n) is 4.85. The van der Waals surface area contributed by atoms with Gasteiger partial charge in [0, 0.05) is 4.88 Å². The minimum absolute atomic E-state index is 0.372. The van der Waals surface area contributed by atoms with Crippen molar-refractivity contribution in [2.24, 2.45) is 11.3 Å². The van der Waals surface area contributed by atoms with E-state index in [1.807, 2.05) is 32.9 Å². The molecule has 0 bridgehead atoms. The third kappa shape index (κ3) is 3.49. The van der Waals surface area contributed by atoms with Crippen LogP contribution < -0.4 is 0 Å². The molecule has 1 rings (SSSR count). The maximum atomic E-state index is 11.3. The minimum Gasteiger partial charge on any atom is -0.481 e. The third-order valence-electron chi connectivity index (χ3n) is 2.57. The lowest BCUT2D eigenvalue weighted by Crippen LogP contribution is -2.31. The molecule has 1 atom stereocenters. The van der Waals surface area contributed by atoms with Crippen LogP contribution in [0, 0.1) is 11.3 Å². The number of carboxylic acid groups (broad SMARTS) is 1.